The van der Waals surface area contributed by atoms with E-state index in [0.29, 0.717) is 5.69 Å². The van der Waals surface area contributed by atoms with E-state index in [1.165, 1.54) is 18.2 Å². The van der Waals surface area contributed by atoms with Gasteiger partial charge in [-0.25, -0.2) is 9.87 Å². The number of aliphatic hydroxyl groups excluding tert-OH is 1. The zero-order valence-electron chi connectivity index (χ0n) is 14.9. The van der Waals surface area contributed by atoms with Crippen LogP contribution < -0.4 is 10.8 Å². The van der Waals surface area contributed by atoms with Crippen LogP contribution in [-0.4, -0.2) is 24.2 Å². The van der Waals surface area contributed by atoms with Crippen molar-refractivity contribution in [2.45, 2.75) is 20.8 Å². The molecule has 2 rings (SSSR count). The number of anilines is 2. The van der Waals surface area contributed by atoms with Crippen LogP contribution in [-0.2, 0) is 4.84 Å². The Kier molecular flexibility index (Phi) is 6.96. The molecule has 0 aliphatic carbocycles. The predicted molar refractivity (Wildman–Crippen MR) is 108 cm³/mol. The number of nitrogens with one attached hydrogen (secondary N) is 2. The maximum atomic E-state index is 14.4. The van der Waals surface area contributed by atoms with Crippen LogP contribution in [0.4, 0.5) is 15.8 Å². The number of hydrogen-bond acceptors (Lipinski definition) is 4. The topological polar surface area (TPSA) is 70.6 Å². The smallest absolute Gasteiger partial charge is 0.277 e. The zero-order valence-corrected chi connectivity index (χ0v) is 17.1. The summed E-state index contributed by atoms with van der Waals surface area (Å²) in [4.78, 5) is 17.6. The number of halogens is 2. The standard InChI is InChI=1S/C19H22FIN2O3/c1-12-9-13(21)7-8-16(12)22-17-14(5-4-6-15(17)20)18(25)23-26-11-19(2,3)10-24/h4-9,22,24H,10-11H2,1-3H3,(H,23,25). The molecule has 0 aliphatic heterocycles. The average molecular weight is 472 g/mol. The summed E-state index contributed by atoms with van der Waals surface area (Å²) in [5.74, 6) is -1.10. The van der Waals surface area contributed by atoms with Gasteiger partial charge in [0, 0.05) is 14.7 Å². The molecule has 0 aromatic heterocycles. The van der Waals surface area contributed by atoms with E-state index >= 15 is 0 Å². The Bertz CT molecular complexity index is 796. The molecule has 3 N–H and O–H groups in total. The molecular weight excluding hydrogens is 450 g/mol. The first-order valence-corrected chi connectivity index (χ1v) is 9.16. The summed E-state index contributed by atoms with van der Waals surface area (Å²) in [7, 11) is 0. The molecule has 26 heavy (non-hydrogen) atoms. The molecular formula is C19H22FIN2O3. The van der Waals surface area contributed by atoms with Crippen LogP contribution >= 0.6 is 22.6 Å². The second-order valence-corrected chi connectivity index (χ2v) is 8.03. The fraction of sp³-hybridized carbons (Fsp3) is 0.316. The predicted octanol–water partition coefficient (Wildman–Crippen LogP) is 4.16. The number of amides is 1. The first-order valence-electron chi connectivity index (χ1n) is 8.08. The maximum absolute atomic E-state index is 14.4. The van der Waals surface area contributed by atoms with Crippen molar-refractivity contribution >= 4 is 39.9 Å². The van der Waals surface area contributed by atoms with E-state index in [4.69, 9.17) is 4.84 Å². The summed E-state index contributed by atoms with van der Waals surface area (Å²) in [6, 6.07) is 9.97. The molecule has 0 fully saturated rings. The van der Waals surface area contributed by atoms with Gasteiger partial charge in [-0.05, 0) is 65.4 Å². The van der Waals surface area contributed by atoms with E-state index in [1.807, 2.05) is 25.1 Å². The second kappa shape index (κ2) is 8.79. The van der Waals surface area contributed by atoms with Crippen molar-refractivity contribution in [3.05, 3.63) is 56.9 Å². The van der Waals surface area contributed by atoms with Gasteiger partial charge >= 0.3 is 0 Å². The van der Waals surface area contributed by atoms with Crippen LogP contribution in [0.25, 0.3) is 0 Å². The number of aliphatic hydroxyl groups is 1. The fourth-order valence-corrected chi connectivity index (χ4v) is 2.79. The Morgan fingerprint density at radius 2 is 2.04 bits per heavy atom. The normalized spacial score (nSPS) is 11.3. The highest BCUT2D eigenvalue weighted by Gasteiger charge is 2.20. The Morgan fingerprint density at radius 3 is 2.69 bits per heavy atom. The Morgan fingerprint density at radius 1 is 1.31 bits per heavy atom. The van der Waals surface area contributed by atoms with E-state index < -0.39 is 17.1 Å². The maximum Gasteiger partial charge on any atom is 0.277 e. The van der Waals surface area contributed by atoms with E-state index in [2.05, 4.69) is 33.4 Å². The Hall–Kier alpha value is -1.71. The molecule has 0 bridgehead atoms. The van der Waals surface area contributed by atoms with Crippen LogP contribution in [0.2, 0.25) is 0 Å². The van der Waals surface area contributed by atoms with Crippen molar-refractivity contribution < 1.29 is 19.1 Å². The summed E-state index contributed by atoms with van der Waals surface area (Å²) in [5, 5.41) is 12.2. The molecule has 7 heteroatoms. The first-order chi connectivity index (χ1) is 12.2. The summed E-state index contributed by atoms with van der Waals surface area (Å²) >= 11 is 2.20. The van der Waals surface area contributed by atoms with Gasteiger partial charge in [-0.1, -0.05) is 19.9 Å². The highest BCUT2D eigenvalue weighted by molar-refractivity contribution is 14.1. The number of hydrogen-bond donors (Lipinski definition) is 3. The quantitative estimate of drug-likeness (QED) is 0.418. The van der Waals surface area contributed by atoms with Crippen molar-refractivity contribution in [1.29, 1.82) is 0 Å². The molecule has 0 radical (unpaired) electrons. The number of para-hydroxylation sites is 1. The number of carbonyl (C=O) groups is 1. The van der Waals surface area contributed by atoms with Gasteiger partial charge in [-0.15, -0.1) is 0 Å². The van der Waals surface area contributed by atoms with Gasteiger partial charge in [-0.3, -0.25) is 9.63 Å². The molecule has 0 unspecified atom stereocenters. The summed E-state index contributed by atoms with van der Waals surface area (Å²) < 4.78 is 15.4. The summed E-state index contributed by atoms with van der Waals surface area (Å²) in [6.07, 6.45) is 0. The third kappa shape index (κ3) is 5.39. The van der Waals surface area contributed by atoms with Gasteiger partial charge in [0.2, 0.25) is 0 Å². The second-order valence-electron chi connectivity index (χ2n) is 6.79. The van der Waals surface area contributed by atoms with Gasteiger partial charge in [0.25, 0.3) is 5.91 Å². The minimum atomic E-state index is -0.566. The molecule has 5 nitrogen and oxygen atoms in total. The molecule has 2 aromatic carbocycles. The van der Waals surface area contributed by atoms with Gasteiger partial charge < -0.3 is 10.4 Å². The van der Waals surface area contributed by atoms with Crippen molar-refractivity contribution in [2.24, 2.45) is 5.41 Å². The molecule has 0 saturated carbocycles. The lowest BCUT2D eigenvalue weighted by atomic mass is 9.97. The third-order valence-electron chi connectivity index (χ3n) is 3.76. The third-order valence-corrected chi connectivity index (χ3v) is 4.43. The van der Waals surface area contributed by atoms with Gasteiger partial charge in [-0.2, -0.15) is 0 Å². The largest absolute Gasteiger partial charge is 0.396 e. The SMILES string of the molecule is Cc1cc(I)ccc1Nc1c(F)cccc1C(=O)NOCC(C)(C)CO. The molecule has 2 aromatic rings. The Labute approximate surface area is 166 Å². The monoisotopic (exact) mass is 472 g/mol. The minimum Gasteiger partial charge on any atom is -0.396 e. The molecule has 1 amide bonds. The molecule has 140 valence electrons. The van der Waals surface area contributed by atoms with E-state index in [9.17, 15) is 14.3 Å². The summed E-state index contributed by atoms with van der Waals surface area (Å²) in [6.45, 7) is 5.55. The number of aryl methyl sites for hydroxylation is 1. The average Bonchev–Trinajstić information content (AvgIpc) is 2.58. The van der Waals surface area contributed by atoms with Crippen LogP contribution in [0.15, 0.2) is 36.4 Å². The number of rotatable bonds is 7. The highest BCUT2D eigenvalue weighted by atomic mass is 127. The summed E-state index contributed by atoms with van der Waals surface area (Å²) in [5.41, 5.74) is 3.68. The lowest BCUT2D eigenvalue weighted by Crippen LogP contribution is -2.32. The van der Waals surface area contributed by atoms with Crippen LogP contribution in [0.5, 0.6) is 0 Å². The van der Waals surface area contributed by atoms with Crippen molar-refractivity contribution in [1.82, 2.24) is 5.48 Å². The van der Waals surface area contributed by atoms with Crippen molar-refractivity contribution in [3.8, 4) is 0 Å². The van der Waals surface area contributed by atoms with Gasteiger partial charge in [0.1, 0.15) is 5.82 Å². The van der Waals surface area contributed by atoms with E-state index in [-0.39, 0.29) is 24.5 Å². The molecule has 0 spiro atoms. The van der Waals surface area contributed by atoms with Crippen LogP contribution in [0.3, 0.4) is 0 Å². The lowest BCUT2D eigenvalue weighted by Gasteiger charge is -2.21. The van der Waals surface area contributed by atoms with Crippen molar-refractivity contribution in [2.75, 3.05) is 18.5 Å². The van der Waals surface area contributed by atoms with Gasteiger partial charge in [0.15, 0.2) is 0 Å². The number of carbonyl (C=O) groups excluding carboxylic acids is 1. The first kappa shape index (κ1) is 20.6. The number of hydroxylamine groups is 1. The molecule has 0 saturated heterocycles. The van der Waals surface area contributed by atoms with E-state index in [0.717, 1.165) is 9.13 Å². The molecule has 0 heterocycles. The van der Waals surface area contributed by atoms with Crippen LogP contribution in [0, 0.1) is 21.7 Å². The van der Waals surface area contributed by atoms with Gasteiger partial charge in [0.05, 0.1) is 24.5 Å². The zero-order chi connectivity index (χ0) is 19.3. The van der Waals surface area contributed by atoms with Crippen molar-refractivity contribution in [3.63, 3.8) is 0 Å². The van der Waals surface area contributed by atoms with Crippen LogP contribution in [0.1, 0.15) is 29.8 Å². The molecule has 0 aliphatic rings. The Balaban J connectivity index is 2.19. The van der Waals surface area contributed by atoms with E-state index in [1.54, 1.807) is 13.8 Å². The highest BCUT2D eigenvalue weighted by Crippen LogP contribution is 2.27. The number of benzene rings is 2. The molecule has 0 atom stereocenters. The minimum absolute atomic E-state index is 0.0816. The lowest BCUT2D eigenvalue weighted by molar-refractivity contribution is -0.0197. The fourth-order valence-electron chi connectivity index (χ4n) is 2.14.